The molecule has 5 N–H and O–H groups in total. The molecule has 0 bridgehead atoms. The number of rotatable bonds is 12. The second kappa shape index (κ2) is 11.6. The number of hydrogen-bond acceptors (Lipinski definition) is 5. The van der Waals surface area contributed by atoms with Gasteiger partial charge in [-0.1, -0.05) is 97.0 Å². The number of benzene rings is 2. The lowest BCUT2D eigenvalue weighted by atomic mass is 9.59. The first-order valence-corrected chi connectivity index (χ1v) is 13.9. The third-order valence-electron chi connectivity index (χ3n) is 8.64. The number of nitrogens with one attached hydrogen (secondary N) is 1. The van der Waals surface area contributed by atoms with Crippen LogP contribution in [0.15, 0.2) is 48.5 Å². The fourth-order valence-corrected chi connectivity index (χ4v) is 6.77. The summed E-state index contributed by atoms with van der Waals surface area (Å²) in [7, 11) is 0. The van der Waals surface area contributed by atoms with Gasteiger partial charge in [0.1, 0.15) is 18.2 Å². The van der Waals surface area contributed by atoms with Gasteiger partial charge in [0.25, 0.3) is 0 Å². The minimum Gasteiger partial charge on any atom is -0.480 e. The highest BCUT2D eigenvalue weighted by molar-refractivity contribution is 5.82. The van der Waals surface area contributed by atoms with E-state index in [0.717, 1.165) is 22.3 Å². The third kappa shape index (κ3) is 6.02. The zero-order valence-electron chi connectivity index (χ0n) is 24.7. The van der Waals surface area contributed by atoms with E-state index in [9.17, 15) is 24.6 Å². The van der Waals surface area contributed by atoms with Gasteiger partial charge in [-0.15, -0.1) is 0 Å². The molecule has 1 aliphatic rings. The average molecular weight is 553 g/mol. The van der Waals surface area contributed by atoms with Crippen molar-refractivity contribution in [1.82, 2.24) is 5.32 Å². The van der Waals surface area contributed by atoms with Gasteiger partial charge in [-0.3, -0.25) is 4.79 Å². The van der Waals surface area contributed by atoms with E-state index in [2.05, 4.69) is 5.32 Å². The van der Waals surface area contributed by atoms with Crippen LogP contribution < -0.4 is 11.1 Å². The third-order valence-corrected chi connectivity index (χ3v) is 8.64. The summed E-state index contributed by atoms with van der Waals surface area (Å²) in [6.07, 6.45) is -0.105. The second-order valence-corrected chi connectivity index (χ2v) is 13.0. The van der Waals surface area contributed by atoms with Gasteiger partial charge < -0.3 is 26.0 Å². The molecular formula is C32H44N2O6. The number of amides is 1. The molecular weight excluding hydrogens is 508 g/mol. The molecule has 0 aliphatic heterocycles. The Hall–Kier alpha value is -3.39. The summed E-state index contributed by atoms with van der Waals surface area (Å²) in [6, 6.07) is 14.6. The van der Waals surface area contributed by atoms with Gasteiger partial charge in [-0.25, -0.2) is 9.59 Å². The number of aliphatic carboxylic acids is 2. The topological polar surface area (TPSA) is 139 Å². The van der Waals surface area contributed by atoms with Crippen LogP contribution in [0.2, 0.25) is 0 Å². The maximum absolute atomic E-state index is 12.9. The first kappa shape index (κ1) is 31.1. The monoisotopic (exact) mass is 552 g/mol. The molecule has 1 aliphatic carbocycles. The average Bonchev–Trinajstić information content (AvgIpc) is 3.17. The highest BCUT2D eigenvalue weighted by Crippen LogP contribution is 2.46. The molecule has 3 rings (SSSR count). The van der Waals surface area contributed by atoms with E-state index in [1.54, 1.807) is 20.8 Å². The van der Waals surface area contributed by atoms with Gasteiger partial charge in [0.05, 0.1) is 0 Å². The molecule has 8 nitrogen and oxygen atoms in total. The molecule has 2 aromatic rings. The van der Waals surface area contributed by atoms with Crippen LogP contribution in [0.1, 0.15) is 78.4 Å². The van der Waals surface area contributed by atoms with E-state index in [1.807, 2.05) is 76.2 Å². The van der Waals surface area contributed by atoms with E-state index >= 15 is 0 Å². The Morgan fingerprint density at radius 3 is 1.85 bits per heavy atom. The van der Waals surface area contributed by atoms with E-state index in [0.29, 0.717) is 6.42 Å². The molecule has 0 radical (unpaired) electrons. The van der Waals surface area contributed by atoms with Crippen molar-refractivity contribution in [1.29, 1.82) is 0 Å². The number of fused-ring (bicyclic) bond motifs is 3. The van der Waals surface area contributed by atoms with Crippen LogP contribution in [0.4, 0.5) is 4.79 Å². The van der Waals surface area contributed by atoms with Gasteiger partial charge in [0.15, 0.2) is 0 Å². The SMILES string of the molecule is CC(C)CC(C)(C)C(N)(C(=O)O)C(C)CC(C)(C)C(NC(=O)OCC1c2ccccc2-c2ccccc21)C(=O)O. The smallest absolute Gasteiger partial charge is 0.407 e. The van der Waals surface area contributed by atoms with E-state index in [4.69, 9.17) is 10.5 Å². The van der Waals surface area contributed by atoms with E-state index < -0.39 is 46.4 Å². The van der Waals surface area contributed by atoms with Crippen molar-refractivity contribution < 1.29 is 29.3 Å². The molecule has 0 heterocycles. The van der Waals surface area contributed by atoms with E-state index in [1.165, 1.54) is 0 Å². The Morgan fingerprint density at radius 1 is 0.900 bits per heavy atom. The van der Waals surface area contributed by atoms with Crippen LogP contribution in [0.5, 0.6) is 0 Å². The molecule has 0 fully saturated rings. The predicted octanol–water partition coefficient (Wildman–Crippen LogP) is 5.89. The van der Waals surface area contributed by atoms with Crippen molar-refractivity contribution in [2.24, 2.45) is 28.4 Å². The van der Waals surface area contributed by atoms with Crippen molar-refractivity contribution in [2.75, 3.05) is 6.61 Å². The van der Waals surface area contributed by atoms with Gasteiger partial charge >= 0.3 is 18.0 Å². The minimum absolute atomic E-state index is 0.0529. The van der Waals surface area contributed by atoms with Crippen LogP contribution in [0.3, 0.4) is 0 Å². The molecule has 2 aromatic carbocycles. The van der Waals surface area contributed by atoms with Crippen LogP contribution in [-0.4, -0.2) is 46.4 Å². The Kier molecular flexibility index (Phi) is 9.04. The summed E-state index contributed by atoms with van der Waals surface area (Å²) >= 11 is 0. The summed E-state index contributed by atoms with van der Waals surface area (Å²) in [5.74, 6) is -2.90. The largest absolute Gasteiger partial charge is 0.480 e. The molecule has 0 saturated heterocycles. The number of alkyl carbamates (subject to hydrolysis) is 1. The molecule has 3 atom stereocenters. The Bertz CT molecular complexity index is 1210. The van der Waals surface area contributed by atoms with Crippen LogP contribution in [0.25, 0.3) is 11.1 Å². The highest BCUT2D eigenvalue weighted by atomic mass is 16.5. The van der Waals surface area contributed by atoms with Crippen LogP contribution in [0, 0.1) is 22.7 Å². The predicted molar refractivity (Wildman–Crippen MR) is 155 cm³/mol. The Morgan fingerprint density at radius 2 is 1.40 bits per heavy atom. The van der Waals surface area contributed by atoms with Crippen LogP contribution in [-0.2, 0) is 14.3 Å². The van der Waals surface area contributed by atoms with Crippen LogP contribution >= 0.6 is 0 Å². The van der Waals surface area contributed by atoms with Crippen molar-refractivity contribution in [2.45, 2.75) is 78.8 Å². The van der Waals surface area contributed by atoms with Gasteiger partial charge in [0.2, 0.25) is 0 Å². The van der Waals surface area contributed by atoms with Crippen molar-refractivity contribution in [3.05, 3.63) is 59.7 Å². The lowest BCUT2D eigenvalue weighted by molar-refractivity contribution is -0.153. The quantitative estimate of drug-likeness (QED) is 0.258. The van der Waals surface area contributed by atoms with Crippen molar-refractivity contribution in [3.63, 3.8) is 0 Å². The summed E-state index contributed by atoms with van der Waals surface area (Å²) in [5, 5.41) is 22.8. The lowest BCUT2D eigenvalue weighted by Gasteiger charge is -2.48. The molecule has 3 unspecified atom stereocenters. The Labute approximate surface area is 237 Å². The first-order chi connectivity index (χ1) is 18.5. The number of carboxylic acids is 2. The second-order valence-electron chi connectivity index (χ2n) is 13.0. The van der Waals surface area contributed by atoms with Crippen molar-refractivity contribution >= 4 is 18.0 Å². The zero-order chi connectivity index (χ0) is 30.0. The summed E-state index contributed by atoms with van der Waals surface area (Å²) in [5.41, 5.74) is 7.51. The fourth-order valence-electron chi connectivity index (χ4n) is 6.77. The number of carboxylic acid groups (broad SMARTS) is 2. The van der Waals surface area contributed by atoms with Gasteiger partial charge in [-0.2, -0.15) is 0 Å². The number of ether oxygens (including phenoxy) is 1. The van der Waals surface area contributed by atoms with Gasteiger partial charge in [0, 0.05) is 5.92 Å². The summed E-state index contributed by atoms with van der Waals surface area (Å²) < 4.78 is 5.59. The zero-order valence-corrected chi connectivity index (χ0v) is 24.7. The summed E-state index contributed by atoms with van der Waals surface area (Å²) in [6.45, 7) is 12.9. The maximum atomic E-state index is 12.9. The maximum Gasteiger partial charge on any atom is 0.407 e. The Balaban J connectivity index is 1.75. The molecule has 218 valence electrons. The lowest BCUT2D eigenvalue weighted by Crippen LogP contribution is -2.64. The molecule has 0 spiro atoms. The minimum atomic E-state index is -1.61. The fraction of sp³-hybridized carbons (Fsp3) is 0.531. The first-order valence-electron chi connectivity index (χ1n) is 13.9. The van der Waals surface area contributed by atoms with Crippen molar-refractivity contribution in [3.8, 4) is 11.1 Å². The number of nitrogens with two attached hydrogens (primary N) is 1. The molecule has 8 heteroatoms. The highest BCUT2D eigenvalue weighted by Gasteiger charge is 2.54. The molecule has 1 amide bonds. The summed E-state index contributed by atoms with van der Waals surface area (Å²) in [4.78, 5) is 37.8. The number of hydrogen-bond donors (Lipinski definition) is 4. The molecule has 40 heavy (non-hydrogen) atoms. The molecule has 0 aromatic heterocycles. The normalized spacial score (nSPS) is 16.4. The standard InChI is InChI=1S/C32H44N2O6/c1-19(2)16-31(6,7)32(33,28(37)38)20(3)17-30(4,5)26(27(35)36)34-29(39)40-18-25-23-14-10-8-12-21(23)22-13-9-11-15-24(22)25/h8-15,19-20,25-26H,16-18,33H2,1-7H3,(H,34,39)(H,35,36)(H,37,38). The van der Waals surface area contributed by atoms with E-state index in [-0.39, 0.29) is 24.9 Å². The molecule has 0 saturated carbocycles. The number of carbonyl (C=O) groups excluding carboxylic acids is 1. The van der Waals surface area contributed by atoms with Gasteiger partial charge in [-0.05, 0) is 57.8 Å². The number of carbonyl (C=O) groups is 3.